The highest BCUT2D eigenvalue weighted by Gasteiger charge is 2.73. The minimum atomic E-state index is -1.12. The molecule has 4 aliphatic rings. The van der Waals surface area contributed by atoms with Gasteiger partial charge in [-0.05, 0) is 56.2 Å². The first kappa shape index (κ1) is 25.0. The highest BCUT2D eigenvalue weighted by molar-refractivity contribution is 6.03. The van der Waals surface area contributed by atoms with Crippen LogP contribution in [0.2, 0.25) is 0 Å². The molecule has 0 aromatic heterocycles. The number of anilines is 1. The zero-order valence-electron chi connectivity index (χ0n) is 22.0. The normalized spacial score (nSPS) is 37.6. The monoisotopic (exact) mass is 493 g/mol. The van der Waals surface area contributed by atoms with E-state index in [2.05, 4.69) is 24.5 Å². The fourth-order valence-corrected chi connectivity index (χ4v) is 6.87. The molecule has 1 aromatic carbocycles. The second-order valence-electron chi connectivity index (χ2n) is 11.4. The quantitative estimate of drug-likeness (QED) is 0.590. The smallest absolute Gasteiger partial charge is 0.246 e. The Bertz CT molecular complexity index is 1090. The van der Waals surface area contributed by atoms with Crippen molar-refractivity contribution in [2.75, 3.05) is 5.32 Å². The van der Waals surface area contributed by atoms with E-state index >= 15 is 0 Å². The van der Waals surface area contributed by atoms with E-state index in [1.807, 2.05) is 57.2 Å². The standard InChI is InChI=1S/C29H39N3O4/c1-6-18(4)32-25(27(34)31-21-12-8-10-17(3)19(21)5)29-14-13-22(36-29)23(24(29)28(32)35)26(33)30-20-11-7-9-16(2)15-20/h7,9,11,13-15,17-19,21-25H,6,8,10,12H2,1-5H3,(H,30,33)(H,31,34)/t17?,18?,19?,21?,22-,23?,24-,25?,29?/m1/s1. The number of nitrogens with zero attached hydrogens (tertiary/aromatic N) is 1. The first-order valence-electron chi connectivity index (χ1n) is 13.5. The molecule has 194 valence electrons. The largest absolute Gasteiger partial charge is 0.359 e. The fraction of sp³-hybridized carbons (Fsp3) is 0.621. The Labute approximate surface area is 214 Å². The molecule has 5 rings (SSSR count). The van der Waals surface area contributed by atoms with E-state index in [1.54, 1.807) is 4.90 Å². The SMILES string of the molecule is CCC(C)N1C(=O)[C@H]2C(C(=O)Nc3cccc(C)c3)[C@H]3C=CC2(O3)C1C(=O)NC1CCCC(C)C1C. The van der Waals surface area contributed by atoms with E-state index in [0.29, 0.717) is 23.9 Å². The first-order valence-corrected chi connectivity index (χ1v) is 13.5. The molecule has 2 N–H and O–H groups in total. The van der Waals surface area contributed by atoms with E-state index in [1.165, 1.54) is 6.42 Å². The molecular weight excluding hydrogens is 454 g/mol. The lowest BCUT2D eigenvalue weighted by atomic mass is 9.73. The fourth-order valence-electron chi connectivity index (χ4n) is 6.87. The molecule has 2 bridgehead atoms. The summed E-state index contributed by atoms with van der Waals surface area (Å²) in [5, 5.41) is 6.30. The number of ether oxygens (including phenoxy) is 1. The van der Waals surface area contributed by atoms with Gasteiger partial charge in [-0.25, -0.2) is 0 Å². The van der Waals surface area contributed by atoms with Gasteiger partial charge in [0.2, 0.25) is 17.7 Å². The van der Waals surface area contributed by atoms with Crippen molar-refractivity contribution in [3.8, 4) is 0 Å². The highest BCUT2D eigenvalue weighted by atomic mass is 16.5. The highest BCUT2D eigenvalue weighted by Crippen LogP contribution is 2.56. The van der Waals surface area contributed by atoms with Crippen LogP contribution in [0, 0.1) is 30.6 Å². The maximum Gasteiger partial charge on any atom is 0.246 e. The van der Waals surface area contributed by atoms with Crippen molar-refractivity contribution >= 4 is 23.4 Å². The lowest BCUT2D eigenvalue weighted by Gasteiger charge is -2.39. The van der Waals surface area contributed by atoms with Crippen LogP contribution in [0.25, 0.3) is 0 Å². The van der Waals surface area contributed by atoms with Crippen molar-refractivity contribution in [3.63, 3.8) is 0 Å². The topological polar surface area (TPSA) is 87.7 Å². The van der Waals surface area contributed by atoms with Gasteiger partial charge >= 0.3 is 0 Å². The zero-order valence-corrected chi connectivity index (χ0v) is 22.0. The predicted octanol–water partition coefficient (Wildman–Crippen LogP) is 3.82. The number of benzene rings is 1. The number of carbonyl (C=O) groups is 3. The molecule has 3 aliphatic heterocycles. The molecule has 36 heavy (non-hydrogen) atoms. The molecule has 7 heteroatoms. The van der Waals surface area contributed by atoms with Gasteiger partial charge in [0.05, 0.1) is 17.9 Å². The van der Waals surface area contributed by atoms with Crippen molar-refractivity contribution in [2.24, 2.45) is 23.7 Å². The van der Waals surface area contributed by atoms with E-state index in [0.717, 1.165) is 18.4 Å². The molecule has 2 saturated heterocycles. The molecule has 0 radical (unpaired) electrons. The first-order chi connectivity index (χ1) is 17.2. The van der Waals surface area contributed by atoms with Gasteiger partial charge in [0.15, 0.2) is 0 Å². The predicted molar refractivity (Wildman–Crippen MR) is 138 cm³/mol. The Balaban J connectivity index is 1.45. The molecular formula is C29H39N3O4. The Morgan fingerprint density at radius 1 is 1.22 bits per heavy atom. The van der Waals surface area contributed by atoms with Crippen molar-refractivity contribution in [1.82, 2.24) is 10.2 Å². The number of aryl methyl sites for hydroxylation is 1. The number of fused-ring (bicyclic) bond motifs is 1. The van der Waals surface area contributed by atoms with Crippen LogP contribution in [-0.2, 0) is 19.1 Å². The maximum atomic E-state index is 14.0. The van der Waals surface area contributed by atoms with Gasteiger partial charge in [0.25, 0.3) is 0 Å². The van der Waals surface area contributed by atoms with Crippen LogP contribution in [-0.4, -0.2) is 52.5 Å². The van der Waals surface area contributed by atoms with E-state index < -0.39 is 29.6 Å². The number of hydrogen-bond acceptors (Lipinski definition) is 4. The summed E-state index contributed by atoms with van der Waals surface area (Å²) in [5.74, 6) is -1.05. The van der Waals surface area contributed by atoms with Crippen molar-refractivity contribution in [3.05, 3.63) is 42.0 Å². The maximum absolute atomic E-state index is 14.0. The summed E-state index contributed by atoms with van der Waals surface area (Å²) in [4.78, 5) is 43.1. The van der Waals surface area contributed by atoms with Gasteiger partial charge in [-0.15, -0.1) is 0 Å². The van der Waals surface area contributed by atoms with Crippen LogP contribution in [0.15, 0.2) is 36.4 Å². The zero-order chi connectivity index (χ0) is 25.8. The summed E-state index contributed by atoms with van der Waals surface area (Å²) >= 11 is 0. The second kappa shape index (κ2) is 9.33. The van der Waals surface area contributed by atoms with Gasteiger partial charge in [0, 0.05) is 17.8 Å². The summed E-state index contributed by atoms with van der Waals surface area (Å²) in [6.07, 6.45) is 7.15. The number of hydrogen-bond donors (Lipinski definition) is 2. The van der Waals surface area contributed by atoms with E-state index in [9.17, 15) is 14.4 Å². The lowest BCUT2D eigenvalue weighted by molar-refractivity contribution is -0.144. The molecule has 7 unspecified atom stereocenters. The van der Waals surface area contributed by atoms with Crippen LogP contribution < -0.4 is 10.6 Å². The number of nitrogens with one attached hydrogen (secondary N) is 2. The Hall–Kier alpha value is -2.67. The number of likely N-dealkylation sites (tertiary alicyclic amines) is 1. The summed E-state index contributed by atoms with van der Waals surface area (Å²) in [7, 11) is 0. The average Bonchev–Trinajstić information content (AvgIpc) is 3.49. The molecule has 3 fully saturated rings. The third-order valence-corrected chi connectivity index (χ3v) is 9.25. The second-order valence-corrected chi connectivity index (χ2v) is 11.4. The third kappa shape index (κ3) is 3.87. The minimum absolute atomic E-state index is 0.0774. The van der Waals surface area contributed by atoms with Crippen LogP contribution in [0.5, 0.6) is 0 Å². The van der Waals surface area contributed by atoms with Crippen LogP contribution in [0.1, 0.15) is 58.9 Å². The van der Waals surface area contributed by atoms with Crippen molar-refractivity contribution in [2.45, 2.75) is 90.1 Å². The van der Waals surface area contributed by atoms with Crippen molar-refractivity contribution < 1.29 is 19.1 Å². The van der Waals surface area contributed by atoms with Gasteiger partial charge in [0.1, 0.15) is 11.6 Å². The van der Waals surface area contributed by atoms with Gasteiger partial charge < -0.3 is 20.3 Å². The van der Waals surface area contributed by atoms with Gasteiger partial charge in [-0.1, -0.05) is 57.9 Å². The molecule has 1 spiro atoms. The van der Waals surface area contributed by atoms with Crippen molar-refractivity contribution in [1.29, 1.82) is 0 Å². The van der Waals surface area contributed by atoms with Gasteiger partial charge in [-0.2, -0.15) is 0 Å². The van der Waals surface area contributed by atoms with Crippen LogP contribution in [0.4, 0.5) is 5.69 Å². The molecule has 1 aromatic rings. The van der Waals surface area contributed by atoms with E-state index in [4.69, 9.17) is 4.74 Å². The third-order valence-electron chi connectivity index (χ3n) is 9.25. The molecule has 3 amide bonds. The number of amides is 3. The number of carbonyl (C=O) groups excluding carboxylic acids is 3. The van der Waals surface area contributed by atoms with Gasteiger partial charge in [-0.3, -0.25) is 14.4 Å². The number of rotatable bonds is 6. The Morgan fingerprint density at radius 3 is 2.72 bits per heavy atom. The Kier molecular flexibility index (Phi) is 6.48. The minimum Gasteiger partial charge on any atom is -0.359 e. The van der Waals surface area contributed by atoms with E-state index in [-0.39, 0.29) is 29.8 Å². The Morgan fingerprint density at radius 2 is 2.00 bits per heavy atom. The molecule has 1 saturated carbocycles. The summed E-state index contributed by atoms with van der Waals surface area (Å²) in [6, 6.07) is 6.75. The summed E-state index contributed by atoms with van der Waals surface area (Å²) < 4.78 is 6.45. The lowest BCUT2D eigenvalue weighted by Crippen LogP contribution is -2.59. The van der Waals surface area contributed by atoms with Crippen LogP contribution in [0.3, 0.4) is 0 Å². The summed E-state index contributed by atoms with van der Waals surface area (Å²) in [6.45, 7) is 10.4. The molecule has 3 heterocycles. The molecule has 1 aliphatic carbocycles. The molecule has 9 atom stereocenters. The van der Waals surface area contributed by atoms with Crippen LogP contribution >= 0.6 is 0 Å². The molecule has 7 nitrogen and oxygen atoms in total. The average molecular weight is 494 g/mol. The summed E-state index contributed by atoms with van der Waals surface area (Å²) in [5.41, 5.74) is 0.615.